The quantitative estimate of drug-likeness (QED) is 0.188. The van der Waals surface area contributed by atoms with E-state index in [2.05, 4.69) is 22.5 Å². The lowest BCUT2D eigenvalue weighted by atomic mass is 9.99. The third-order valence-electron chi connectivity index (χ3n) is 8.31. The largest absolute Gasteiger partial charge is 0.416 e. The molecule has 1 aliphatic carbocycles. The Bertz CT molecular complexity index is 1970. The summed E-state index contributed by atoms with van der Waals surface area (Å²) >= 11 is 0. The van der Waals surface area contributed by atoms with Crippen molar-refractivity contribution in [3.63, 3.8) is 0 Å². The van der Waals surface area contributed by atoms with Crippen LogP contribution in [0.25, 0.3) is 16.9 Å². The van der Waals surface area contributed by atoms with Gasteiger partial charge in [-0.15, -0.1) is 0 Å². The number of nitrogens with one attached hydrogen (secondary N) is 3. The van der Waals surface area contributed by atoms with Crippen LogP contribution in [0.5, 0.6) is 0 Å². The molecule has 14 heteroatoms. The van der Waals surface area contributed by atoms with E-state index in [0.29, 0.717) is 35.5 Å². The molecule has 0 atom stereocenters. The van der Waals surface area contributed by atoms with Crippen LogP contribution in [0.3, 0.4) is 0 Å². The summed E-state index contributed by atoms with van der Waals surface area (Å²) in [6.45, 7) is 8.20. The summed E-state index contributed by atoms with van der Waals surface area (Å²) in [5, 5.41) is 17.7. The summed E-state index contributed by atoms with van der Waals surface area (Å²) in [7, 11) is 0. The standard InChI is InChI=1S/C33H33F3N6O5/c1-5-24-28(23-12-7-20(15-25(23)38-26(44)6-2)29(46)40-32(17-43)13-14-32)30(47)42-19(4)18(3)41(31(42)39-24)16-27(45)37-22-10-8-21(9-11-22)33(34,35)36/h6-12,15,43H,2,5,13-14,16-17H2,1,3-4H3,(H,37,45)(H,38,44)(H,40,46). The normalized spacial score (nSPS) is 13.7. The van der Waals surface area contributed by atoms with Crippen LogP contribution in [0.4, 0.5) is 24.5 Å². The van der Waals surface area contributed by atoms with E-state index in [1.165, 1.54) is 16.5 Å². The zero-order valence-corrected chi connectivity index (χ0v) is 25.9. The molecule has 3 amide bonds. The first-order valence-electron chi connectivity index (χ1n) is 14.8. The molecule has 0 radical (unpaired) electrons. The van der Waals surface area contributed by atoms with Gasteiger partial charge in [0.25, 0.3) is 11.5 Å². The molecule has 0 aliphatic heterocycles. The Kier molecular flexibility index (Phi) is 8.82. The SMILES string of the molecule is C=CC(=O)Nc1cc(C(=O)NC2(CO)CC2)ccc1-c1c(CC)nc2n(CC(=O)Nc3ccc(C(F)(F)F)cc3)c(C)c(C)n2c1=O. The van der Waals surface area contributed by atoms with Gasteiger partial charge in [-0.3, -0.25) is 19.2 Å². The van der Waals surface area contributed by atoms with Crippen LogP contribution >= 0.6 is 0 Å². The summed E-state index contributed by atoms with van der Waals surface area (Å²) in [6.07, 6.45) is -1.88. The van der Waals surface area contributed by atoms with Crippen molar-refractivity contribution >= 4 is 34.9 Å². The van der Waals surface area contributed by atoms with Crippen molar-refractivity contribution in [3.05, 3.63) is 93.7 Å². The van der Waals surface area contributed by atoms with E-state index in [4.69, 9.17) is 4.98 Å². The Balaban J connectivity index is 1.54. The average Bonchev–Trinajstić information content (AvgIpc) is 3.77. The number of benzene rings is 2. The topological polar surface area (TPSA) is 147 Å². The number of imidazole rings is 1. The van der Waals surface area contributed by atoms with Gasteiger partial charge in [0.15, 0.2) is 0 Å². The van der Waals surface area contributed by atoms with E-state index in [1.807, 2.05) is 0 Å². The van der Waals surface area contributed by atoms with Crippen molar-refractivity contribution in [1.82, 2.24) is 19.3 Å². The van der Waals surface area contributed by atoms with E-state index in [-0.39, 0.29) is 47.9 Å². The molecule has 1 aliphatic rings. The fourth-order valence-electron chi connectivity index (χ4n) is 5.32. The second kappa shape index (κ2) is 12.5. The second-order valence-corrected chi connectivity index (χ2v) is 11.5. The first-order valence-corrected chi connectivity index (χ1v) is 14.8. The fraction of sp³-hybridized carbons (Fsp3) is 0.303. The number of aromatic nitrogens is 3. The number of aliphatic hydroxyl groups is 1. The van der Waals surface area contributed by atoms with Gasteiger partial charge < -0.3 is 25.6 Å². The summed E-state index contributed by atoms with van der Waals surface area (Å²) in [5.74, 6) is -1.38. The van der Waals surface area contributed by atoms with Gasteiger partial charge in [-0.25, -0.2) is 9.38 Å². The fourth-order valence-corrected chi connectivity index (χ4v) is 5.32. The maximum absolute atomic E-state index is 14.2. The van der Waals surface area contributed by atoms with Crippen LogP contribution in [0.1, 0.15) is 52.8 Å². The van der Waals surface area contributed by atoms with Crippen LogP contribution in [0.2, 0.25) is 0 Å². The van der Waals surface area contributed by atoms with Gasteiger partial charge in [0.05, 0.1) is 29.0 Å². The van der Waals surface area contributed by atoms with Crippen LogP contribution in [0.15, 0.2) is 59.9 Å². The molecule has 0 saturated heterocycles. The lowest BCUT2D eigenvalue weighted by Gasteiger charge is -2.17. The number of carbonyl (C=O) groups is 3. The summed E-state index contributed by atoms with van der Waals surface area (Å²) in [4.78, 5) is 57.4. The highest BCUT2D eigenvalue weighted by Gasteiger charge is 2.43. The van der Waals surface area contributed by atoms with Crippen molar-refractivity contribution in [2.75, 3.05) is 17.2 Å². The zero-order valence-electron chi connectivity index (χ0n) is 25.9. The van der Waals surface area contributed by atoms with Crippen LogP contribution in [-0.4, -0.2) is 48.9 Å². The number of rotatable bonds is 10. The number of alkyl halides is 3. The minimum atomic E-state index is -4.51. The highest BCUT2D eigenvalue weighted by Crippen LogP contribution is 2.36. The van der Waals surface area contributed by atoms with Crippen LogP contribution < -0.4 is 21.5 Å². The highest BCUT2D eigenvalue weighted by molar-refractivity contribution is 6.04. The van der Waals surface area contributed by atoms with Gasteiger partial charge in [-0.2, -0.15) is 13.2 Å². The maximum Gasteiger partial charge on any atom is 0.416 e. The molecule has 0 spiro atoms. The minimum absolute atomic E-state index is 0.172. The molecule has 2 aromatic heterocycles. The second-order valence-electron chi connectivity index (χ2n) is 11.5. The van der Waals surface area contributed by atoms with Crippen molar-refractivity contribution < 1.29 is 32.7 Å². The van der Waals surface area contributed by atoms with Crippen molar-refractivity contribution in [2.24, 2.45) is 0 Å². The molecule has 4 N–H and O–H groups in total. The number of amides is 3. The Hall–Kier alpha value is -5.24. The molecule has 2 aromatic carbocycles. The number of aliphatic hydroxyl groups excluding tert-OH is 1. The molecule has 11 nitrogen and oxygen atoms in total. The molecule has 1 saturated carbocycles. The molecule has 4 aromatic rings. The zero-order chi connectivity index (χ0) is 34.3. The molecule has 1 fully saturated rings. The van der Waals surface area contributed by atoms with Crippen LogP contribution in [0, 0.1) is 13.8 Å². The van der Waals surface area contributed by atoms with Gasteiger partial charge in [0, 0.05) is 33.9 Å². The molecule has 0 bridgehead atoms. The number of nitrogens with zero attached hydrogens (tertiary/aromatic N) is 3. The Morgan fingerprint density at radius 2 is 1.74 bits per heavy atom. The Morgan fingerprint density at radius 1 is 1.06 bits per heavy atom. The van der Waals surface area contributed by atoms with E-state index in [9.17, 15) is 37.5 Å². The van der Waals surface area contributed by atoms with Gasteiger partial charge >= 0.3 is 6.18 Å². The maximum atomic E-state index is 14.2. The number of aryl methyl sites for hydroxylation is 2. The number of hydrogen-bond donors (Lipinski definition) is 4. The number of anilines is 2. The molecule has 2 heterocycles. The van der Waals surface area contributed by atoms with E-state index >= 15 is 0 Å². The minimum Gasteiger partial charge on any atom is -0.394 e. The summed E-state index contributed by atoms with van der Waals surface area (Å²) < 4.78 is 41.7. The van der Waals surface area contributed by atoms with E-state index in [1.54, 1.807) is 31.4 Å². The number of carbonyl (C=O) groups excluding carboxylic acids is 3. The average molecular weight is 651 g/mol. The molecular formula is C33H33F3N6O5. The van der Waals surface area contributed by atoms with Gasteiger partial charge in [-0.1, -0.05) is 19.6 Å². The predicted octanol–water partition coefficient (Wildman–Crippen LogP) is 4.38. The smallest absolute Gasteiger partial charge is 0.394 e. The first-order chi connectivity index (χ1) is 22.2. The number of halogens is 3. The highest BCUT2D eigenvalue weighted by atomic mass is 19.4. The lowest BCUT2D eigenvalue weighted by Crippen LogP contribution is -2.39. The van der Waals surface area contributed by atoms with Gasteiger partial charge in [-0.05, 0) is 75.6 Å². The summed E-state index contributed by atoms with van der Waals surface area (Å²) in [6, 6.07) is 8.57. The Labute approximate surface area is 267 Å². The third kappa shape index (κ3) is 6.54. The van der Waals surface area contributed by atoms with E-state index < -0.39 is 40.6 Å². The predicted molar refractivity (Wildman–Crippen MR) is 169 cm³/mol. The molecule has 246 valence electrons. The molecular weight excluding hydrogens is 617 g/mol. The van der Waals surface area contributed by atoms with Crippen LogP contribution in [-0.2, 0) is 28.7 Å². The first kappa shape index (κ1) is 33.1. The molecule has 5 rings (SSSR count). The number of hydrogen-bond acceptors (Lipinski definition) is 6. The molecule has 0 unspecified atom stereocenters. The Morgan fingerprint density at radius 3 is 2.32 bits per heavy atom. The third-order valence-corrected chi connectivity index (χ3v) is 8.31. The van der Waals surface area contributed by atoms with Crippen molar-refractivity contribution in [3.8, 4) is 11.1 Å². The monoisotopic (exact) mass is 650 g/mol. The summed E-state index contributed by atoms with van der Waals surface area (Å²) in [5.41, 5.74) is 0.477. The molecule has 47 heavy (non-hydrogen) atoms. The van der Waals surface area contributed by atoms with Crippen molar-refractivity contribution in [2.45, 2.75) is 58.3 Å². The lowest BCUT2D eigenvalue weighted by molar-refractivity contribution is -0.137. The van der Waals surface area contributed by atoms with Gasteiger partial charge in [0.2, 0.25) is 17.6 Å². The van der Waals surface area contributed by atoms with Crippen molar-refractivity contribution in [1.29, 1.82) is 0 Å². The van der Waals surface area contributed by atoms with Gasteiger partial charge in [0.1, 0.15) is 6.54 Å². The number of fused-ring (bicyclic) bond motifs is 1. The van der Waals surface area contributed by atoms with E-state index in [0.717, 1.165) is 30.3 Å².